The number of benzene rings is 1. The third kappa shape index (κ3) is 4.94. The van der Waals surface area contributed by atoms with Gasteiger partial charge in [-0.1, -0.05) is 0 Å². The summed E-state index contributed by atoms with van der Waals surface area (Å²) in [7, 11) is 0. The van der Waals surface area contributed by atoms with Crippen LogP contribution in [0.4, 0.5) is 20.6 Å². The van der Waals surface area contributed by atoms with Crippen molar-refractivity contribution in [1.82, 2.24) is 5.32 Å². The molecule has 0 bridgehead atoms. The molecule has 1 fully saturated rings. The van der Waals surface area contributed by atoms with E-state index in [-0.39, 0.29) is 18.0 Å². The highest BCUT2D eigenvalue weighted by atomic mass is 19.1. The number of rotatable bonds is 3. The van der Waals surface area contributed by atoms with Gasteiger partial charge in [0.25, 0.3) is 0 Å². The maximum Gasteiger partial charge on any atom is 0.412 e. The van der Waals surface area contributed by atoms with Crippen molar-refractivity contribution in [3.8, 4) is 0 Å². The highest BCUT2D eigenvalue weighted by molar-refractivity contribution is 6.01. The van der Waals surface area contributed by atoms with E-state index in [0.717, 1.165) is 0 Å². The maximum absolute atomic E-state index is 13.8. The first-order valence-corrected chi connectivity index (χ1v) is 7.54. The summed E-state index contributed by atoms with van der Waals surface area (Å²) in [6.45, 7) is 5.09. The van der Waals surface area contributed by atoms with Gasteiger partial charge in [-0.15, -0.1) is 0 Å². The van der Waals surface area contributed by atoms with E-state index in [1.807, 2.05) is 0 Å². The van der Waals surface area contributed by atoms with Crippen LogP contribution >= 0.6 is 0 Å². The summed E-state index contributed by atoms with van der Waals surface area (Å²) >= 11 is 0. The summed E-state index contributed by atoms with van der Waals surface area (Å²) in [5.74, 6) is -1.38. The number of amides is 3. The Morgan fingerprint density at radius 1 is 1.33 bits per heavy atom. The number of carbonyl (C=O) groups is 3. The molecule has 130 valence electrons. The van der Waals surface area contributed by atoms with E-state index >= 15 is 0 Å². The SMILES string of the molecule is CC(C)(C)OC(=O)Nc1cc(NC2CCC(=O)NC2=O)ccc1F. The zero-order valence-corrected chi connectivity index (χ0v) is 13.7. The lowest BCUT2D eigenvalue weighted by Gasteiger charge is -2.23. The lowest BCUT2D eigenvalue weighted by molar-refractivity contribution is -0.133. The average Bonchev–Trinajstić information content (AvgIpc) is 2.43. The van der Waals surface area contributed by atoms with Crippen molar-refractivity contribution in [1.29, 1.82) is 0 Å². The Labute approximate surface area is 138 Å². The minimum absolute atomic E-state index is 0.0680. The van der Waals surface area contributed by atoms with Crippen molar-refractivity contribution in [3.05, 3.63) is 24.0 Å². The van der Waals surface area contributed by atoms with E-state index in [1.54, 1.807) is 20.8 Å². The van der Waals surface area contributed by atoms with Crippen LogP contribution in [0.1, 0.15) is 33.6 Å². The maximum atomic E-state index is 13.8. The fourth-order valence-corrected chi connectivity index (χ4v) is 2.16. The summed E-state index contributed by atoms with van der Waals surface area (Å²) in [4.78, 5) is 34.6. The van der Waals surface area contributed by atoms with Crippen molar-refractivity contribution in [2.45, 2.75) is 45.3 Å². The van der Waals surface area contributed by atoms with Crippen LogP contribution in [0.2, 0.25) is 0 Å². The van der Waals surface area contributed by atoms with Gasteiger partial charge in [0, 0.05) is 12.1 Å². The summed E-state index contributed by atoms with van der Waals surface area (Å²) in [6, 6.07) is 3.38. The number of nitrogens with one attached hydrogen (secondary N) is 3. The van der Waals surface area contributed by atoms with Crippen LogP contribution in [0.3, 0.4) is 0 Å². The zero-order valence-electron chi connectivity index (χ0n) is 13.7. The Morgan fingerprint density at radius 2 is 2.04 bits per heavy atom. The first kappa shape index (κ1) is 17.7. The van der Waals surface area contributed by atoms with Crippen LogP contribution in [-0.4, -0.2) is 29.6 Å². The molecule has 1 aromatic rings. The fraction of sp³-hybridized carbons (Fsp3) is 0.438. The van der Waals surface area contributed by atoms with E-state index in [1.165, 1.54) is 18.2 Å². The third-order valence-electron chi connectivity index (χ3n) is 3.18. The van der Waals surface area contributed by atoms with E-state index in [4.69, 9.17) is 4.74 Å². The number of hydrogen-bond acceptors (Lipinski definition) is 5. The fourth-order valence-electron chi connectivity index (χ4n) is 2.16. The molecular formula is C16H20FN3O4. The largest absolute Gasteiger partial charge is 0.444 e. The number of anilines is 2. The number of imide groups is 1. The van der Waals surface area contributed by atoms with Gasteiger partial charge in [0.2, 0.25) is 11.8 Å². The number of hydrogen-bond donors (Lipinski definition) is 3. The van der Waals surface area contributed by atoms with Crippen molar-refractivity contribution in [3.63, 3.8) is 0 Å². The van der Waals surface area contributed by atoms with Crippen molar-refractivity contribution < 1.29 is 23.5 Å². The van der Waals surface area contributed by atoms with Gasteiger partial charge in [-0.3, -0.25) is 20.2 Å². The molecule has 1 heterocycles. The monoisotopic (exact) mass is 337 g/mol. The number of halogens is 1. The molecule has 0 radical (unpaired) electrons. The van der Waals surface area contributed by atoms with Gasteiger partial charge >= 0.3 is 6.09 Å². The van der Waals surface area contributed by atoms with Crippen molar-refractivity contribution >= 4 is 29.3 Å². The van der Waals surface area contributed by atoms with Crippen LogP contribution in [0.25, 0.3) is 0 Å². The smallest absolute Gasteiger partial charge is 0.412 e. The first-order valence-electron chi connectivity index (χ1n) is 7.54. The lowest BCUT2D eigenvalue weighted by atomic mass is 10.1. The van der Waals surface area contributed by atoms with Crippen molar-refractivity contribution in [2.75, 3.05) is 10.6 Å². The summed E-state index contributed by atoms with van der Waals surface area (Å²) in [6.07, 6.45) is -0.204. The summed E-state index contributed by atoms with van der Waals surface area (Å²) in [5.41, 5.74) is -0.332. The van der Waals surface area contributed by atoms with Gasteiger partial charge in [-0.05, 0) is 45.4 Å². The zero-order chi connectivity index (χ0) is 17.9. The normalized spacial score (nSPS) is 17.9. The molecule has 2 rings (SSSR count). The highest BCUT2D eigenvalue weighted by Crippen LogP contribution is 2.22. The van der Waals surface area contributed by atoms with Crippen LogP contribution in [0.15, 0.2) is 18.2 Å². The number of ether oxygens (including phenoxy) is 1. The lowest BCUT2D eigenvalue weighted by Crippen LogP contribution is -2.47. The molecular weight excluding hydrogens is 317 g/mol. The molecule has 1 saturated heterocycles. The Kier molecular flexibility index (Phi) is 5.06. The Balaban J connectivity index is 2.07. The highest BCUT2D eigenvalue weighted by Gasteiger charge is 2.26. The predicted octanol–water partition coefficient (Wildman–Crippen LogP) is 2.39. The second kappa shape index (κ2) is 6.86. The molecule has 24 heavy (non-hydrogen) atoms. The minimum Gasteiger partial charge on any atom is -0.444 e. The molecule has 1 aliphatic heterocycles. The first-order chi connectivity index (χ1) is 11.1. The van der Waals surface area contributed by atoms with E-state index in [0.29, 0.717) is 12.1 Å². The molecule has 0 aliphatic carbocycles. The molecule has 0 aromatic heterocycles. The molecule has 0 spiro atoms. The van der Waals surface area contributed by atoms with Gasteiger partial charge in [0.05, 0.1) is 5.69 Å². The van der Waals surface area contributed by atoms with Gasteiger partial charge in [-0.25, -0.2) is 9.18 Å². The van der Waals surface area contributed by atoms with Gasteiger partial charge in [0.1, 0.15) is 17.5 Å². The second-order valence-corrected chi connectivity index (χ2v) is 6.47. The summed E-state index contributed by atoms with van der Waals surface area (Å²) < 4.78 is 18.9. The van der Waals surface area contributed by atoms with Crippen LogP contribution in [-0.2, 0) is 14.3 Å². The molecule has 1 aromatic carbocycles. The van der Waals surface area contributed by atoms with Gasteiger partial charge in [-0.2, -0.15) is 0 Å². The Hall–Kier alpha value is -2.64. The van der Waals surface area contributed by atoms with Gasteiger partial charge < -0.3 is 10.1 Å². The molecule has 1 unspecified atom stereocenters. The molecule has 8 heteroatoms. The van der Waals surface area contributed by atoms with E-state index in [2.05, 4.69) is 16.0 Å². The van der Waals surface area contributed by atoms with E-state index in [9.17, 15) is 18.8 Å². The molecule has 3 N–H and O–H groups in total. The topological polar surface area (TPSA) is 96.5 Å². The second-order valence-electron chi connectivity index (χ2n) is 6.47. The quantitative estimate of drug-likeness (QED) is 0.736. The average molecular weight is 337 g/mol. The van der Waals surface area contributed by atoms with Crippen LogP contribution in [0, 0.1) is 5.82 Å². The molecule has 1 atom stereocenters. The van der Waals surface area contributed by atoms with E-state index < -0.39 is 29.5 Å². The Morgan fingerprint density at radius 3 is 2.67 bits per heavy atom. The molecule has 3 amide bonds. The van der Waals surface area contributed by atoms with Crippen LogP contribution in [0.5, 0.6) is 0 Å². The standard InChI is InChI=1S/C16H20FN3O4/c1-16(2,3)24-15(23)19-12-8-9(4-5-10(12)17)18-11-6-7-13(21)20-14(11)22/h4-5,8,11,18H,6-7H2,1-3H3,(H,19,23)(H,20,21,22). The number of carbonyl (C=O) groups excluding carboxylic acids is 3. The minimum atomic E-state index is -0.778. The molecule has 0 saturated carbocycles. The predicted molar refractivity (Wildman–Crippen MR) is 86.1 cm³/mol. The summed E-state index contributed by atoms with van der Waals surface area (Å²) in [5, 5.41) is 7.48. The van der Waals surface area contributed by atoms with Crippen molar-refractivity contribution in [2.24, 2.45) is 0 Å². The Bertz CT molecular complexity index is 670. The molecule has 1 aliphatic rings. The van der Waals surface area contributed by atoms with Crippen LogP contribution < -0.4 is 16.0 Å². The number of piperidine rings is 1. The molecule has 7 nitrogen and oxygen atoms in total. The van der Waals surface area contributed by atoms with Gasteiger partial charge in [0.15, 0.2) is 0 Å². The third-order valence-corrected chi connectivity index (χ3v) is 3.18.